The molecule has 0 spiro atoms. The van der Waals surface area contributed by atoms with E-state index in [2.05, 4.69) is 10.2 Å². The number of carbonyl (C=O) groups is 1. The predicted octanol–water partition coefficient (Wildman–Crippen LogP) is 2.29. The van der Waals surface area contributed by atoms with E-state index in [1.807, 2.05) is 0 Å². The van der Waals surface area contributed by atoms with Crippen molar-refractivity contribution in [2.45, 2.75) is 6.04 Å². The molecule has 1 aliphatic heterocycles. The van der Waals surface area contributed by atoms with Gasteiger partial charge in [0.15, 0.2) is 0 Å². The van der Waals surface area contributed by atoms with Crippen molar-refractivity contribution < 1.29 is 9.18 Å². The fourth-order valence-corrected chi connectivity index (χ4v) is 1.35. The Morgan fingerprint density at radius 2 is 2.25 bits per heavy atom. The van der Waals surface area contributed by atoms with Gasteiger partial charge in [0.05, 0.1) is 5.56 Å². The Morgan fingerprint density at radius 3 is 2.88 bits per heavy atom. The smallest absolute Gasteiger partial charge is 0.266 e. The molecule has 0 saturated carbocycles. The number of carbonyl (C=O) groups excluding carboxylic acids is 1. The predicted molar refractivity (Wildman–Crippen MR) is 52.9 cm³/mol. The molecule has 0 bridgehead atoms. The maximum absolute atomic E-state index is 13.1. The van der Waals surface area contributed by atoms with Gasteiger partial charge in [-0.05, 0) is 23.8 Å². The zero-order valence-electron chi connectivity index (χ0n) is 8.09. The zero-order valence-corrected chi connectivity index (χ0v) is 8.09. The molecule has 1 heterocycles. The summed E-state index contributed by atoms with van der Waals surface area (Å²) in [5, 5.41) is 15.8. The molecule has 1 aromatic rings. The Morgan fingerprint density at radius 1 is 1.44 bits per heavy atom. The van der Waals surface area contributed by atoms with E-state index in [9.17, 15) is 9.18 Å². The molecule has 0 fully saturated rings. The van der Waals surface area contributed by atoms with E-state index in [0.29, 0.717) is 5.56 Å². The molecule has 0 aromatic heterocycles. The Balaban J connectivity index is 2.36. The SMILES string of the molecule is N#Cc1cc(C2C=CC(=O)N=N2)ccc1F. The Kier molecular flexibility index (Phi) is 2.56. The number of azo groups is 1. The number of nitriles is 1. The standard InChI is InChI=1S/C11H6FN3O/c12-9-2-1-7(5-8(9)6-13)10-3-4-11(16)15-14-10/h1-5,10H. The van der Waals surface area contributed by atoms with Crippen LogP contribution in [0.5, 0.6) is 0 Å². The van der Waals surface area contributed by atoms with Crippen molar-refractivity contribution in [3.8, 4) is 6.07 Å². The molecule has 5 heteroatoms. The second-order valence-corrected chi connectivity index (χ2v) is 3.21. The van der Waals surface area contributed by atoms with E-state index in [1.165, 1.54) is 24.3 Å². The summed E-state index contributed by atoms with van der Waals surface area (Å²) in [5.41, 5.74) is 0.587. The van der Waals surface area contributed by atoms with Crippen LogP contribution in [0.2, 0.25) is 0 Å². The average molecular weight is 215 g/mol. The second-order valence-electron chi connectivity index (χ2n) is 3.21. The van der Waals surface area contributed by atoms with Crippen LogP contribution < -0.4 is 0 Å². The van der Waals surface area contributed by atoms with E-state index in [0.717, 1.165) is 0 Å². The molecule has 0 saturated heterocycles. The van der Waals surface area contributed by atoms with Crippen LogP contribution in [0.1, 0.15) is 17.2 Å². The third-order valence-corrected chi connectivity index (χ3v) is 2.15. The maximum Gasteiger partial charge on any atom is 0.287 e. The van der Waals surface area contributed by atoms with Gasteiger partial charge in [-0.15, -0.1) is 5.11 Å². The molecule has 1 aliphatic rings. The summed E-state index contributed by atoms with van der Waals surface area (Å²) in [4.78, 5) is 10.8. The number of amides is 1. The Labute approximate surface area is 90.7 Å². The van der Waals surface area contributed by atoms with Gasteiger partial charge in [-0.25, -0.2) is 4.39 Å². The summed E-state index contributed by atoms with van der Waals surface area (Å²) in [6.45, 7) is 0. The fraction of sp³-hybridized carbons (Fsp3) is 0.0909. The minimum Gasteiger partial charge on any atom is -0.266 e. The number of halogens is 1. The van der Waals surface area contributed by atoms with Crippen LogP contribution in [0.15, 0.2) is 40.6 Å². The van der Waals surface area contributed by atoms with Crippen LogP contribution in [0.25, 0.3) is 0 Å². The van der Waals surface area contributed by atoms with Gasteiger partial charge in [-0.1, -0.05) is 6.07 Å². The van der Waals surface area contributed by atoms with Crippen molar-refractivity contribution in [1.82, 2.24) is 0 Å². The quantitative estimate of drug-likeness (QED) is 0.721. The maximum atomic E-state index is 13.1. The number of nitrogens with zero attached hydrogens (tertiary/aromatic N) is 3. The first-order valence-electron chi connectivity index (χ1n) is 4.53. The molecule has 0 N–H and O–H groups in total. The topological polar surface area (TPSA) is 65.6 Å². The van der Waals surface area contributed by atoms with E-state index in [4.69, 9.17) is 5.26 Å². The lowest BCUT2D eigenvalue weighted by atomic mass is 10.0. The molecular weight excluding hydrogens is 209 g/mol. The first kappa shape index (κ1) is 10.2. The summed E-state index contributed by atoms with van der Waals surface area (Å²) in [6, 6.07) is 5.44. The average Bonchev–Trinajstić information content (AvgIpc) is 2.31. The van der Waals surface area contributed by atoms with Gasteiger partial charge >= 0.3 is 0 Å². The highest BCUT2D eigenvalue weighted by Gasteiger charge is 2.13. The highest BCUT2D eigenvalue weighted by atomic mass is 19.1. The van der Waals surface area contributed by atoms with Gasteiger partial charge in [0.25, 0.3) is 5.91 Å². The van der Waals surface area contributed by atoms with Gasteiger partial charge in [-0.3, -0.25) is 4.79 Å². The molecule has 4 nitrogen and oxygen atoms in total. The Hall–Kier alpha value is -2.35. The summed E-state index contributed by atoms with van der Waals surface area (Å²) in [5.74, 6) is -0.988. The fourth-order valence-electron chi connectivity index (χ4n) is 1.35. The lowest BCUT2D eigenvalue weighted by Gasteiger charge is -2.09. The van der Waals surface area contributed by atoms with Gasteiger partial charge in [0.2, 0.25) is 0 Å². The molecule has 2 rings (SSSR count). The largest absolute Gasteiger partial charge is 0.287 e. The number of hydrogen-bond donors (Lipinski definition) is 0. The first-order chi connectivity index (χ1) is 7.70. The lowest BCUT2D eigenvalue weighted by molar-refractivity contribution is -0.114. The highest BCUT2D eigenvalue weighted by molar-refractivity contribution is 5.88. The van der Waals surface area contributed by atoms with Gasteiger partial charge in [-0.2, -0.15) is 10.4 Å². The van der Waals surface area contributed by atoms with Gasteiger partial charge in [0.1, 0.15) is 17.9 Å². The molecule has 1 amide bonds. The van der Waals surface area contributed by atoms with Gasteiger partial charge in [0, 0.05) is 6.08 Å². The van der Waals surface area contributed by atoms with E-state index in [-0.39, 0.29) is 5.56 Å². The molecular formula is C11H6FN3O. The summed E-state index contributed by atoms with van der Waals surface area (Å²) in [7, 11) is 0. The minimum atomic E-state index is -0.570. The first-order valence-corrected chi connectivity index (χ1v) is 4.53. The molecule has 0 radical (unpaired) electrons. The van der Waals surface area contributed by atoms with Crippen LogP contribution in [0.4, 0.5) is 4.39 Å². The molecule has 0 aliphatic carbocycles. The van der Waals surface area contributed by atoms with Gasteiger partial charge < -0.3 is 0 Å². The molecule has 1 atom stereocenters. The minimum absolute atomic E-state index is 0.0435. The molecule has 1 unspecified atom stereocenters. The van der Waals surface area contributed by atoms with Crippen molar-refractivity contribution in [1.29, 1.82) is 5.26 Å². The van der Waals surface area contributed by atoms with E-state index < -0.39 is 17.8 Å². The van der Waals surface area contributed by atoms with Crippen molar-refractivity contribution in [3.63, 3.8) is 0 Å². The second kappa shape index (κ2) is 4.03. The monoisotopic (exact) mass is 215 g/mol. The molecule has 16 heavy (non-hydrogen) atoms. The van der Waals surface area contributed by atoms with Crippen LogP contribution in [0.3, 0.4) is 0 Å². The summed E-state index contributed by atoms with van der Waals surface area (Å²) >= 11 is 0. The Bertz CT molecular complexity index is 527. The normalized spacial score (nSPS) is 18.5. The third kappa shape index (κ3) is 1.86. The molecule has 1 aromatic carbocycles. The van der Waals surface area contributed by atoms with E-state index >= 15 is 0 Å². The third-order valence-electron chi connectivity index (χ3n) is 2.15. The summed E-state index contributed by atoms with van der Waals surface area (Å²) in [6.07, 6.45) is 2.86. The molecule has 78 valence electrons. The van der Waals surface area contributed by atoms with Crippen molar-refractivity contribution in [3.05, 3.63) is 47.3 Å². The van der Waals surface area contributed by atoms with Crippen LogP contribution in [0, 0.1) is 17.1 Å². The van der Waals surface area contributed by atoms with Crippen molar-refractivity contribution in [2.24, 2.45) is 10.2 Å². The highest BCUT2D eigenvalue weighted by Crippen LogP contribution is 2.23. The van der Waals surface area contributed by atoms with Crippen LogP contribution in [-0.4, -0.2) is 5.91 Å². The van der Waals surface area contributed by atoms with Crippen molar-refractivity contribution >= 4 is 5.91 Å². The number of rotatable bonds is 1. The van der Waals surface area contributed by atoms with Crippen LogP contribution >= 0.6 is 0 Å². The zero-order chi connectivity index (χ0) is 11.5. The van der Waals surface area contributed by atoms with Crippen molar-refractivity contribution in [2.75, 3.05) is 0 Å². The summed E-state index contributed by atoms with van der Waals surface area (Å²) < 4.78 is 13.1. The van der Waals surface area contributed by atoms with Crippen LogP contribution in [-0.2, 0) is 4.79 Å². The van der Waals surface area contributed by atoms with E-state index in [1.54, 1.807) is 12.1 Å². The lowest BCUT2D eigenvalue weighted by Crippen LogP contribution is -2.00. The number of hydrogen-bond acceptors (Lipinski definition) is 3. The number of benzene rings is 1.